The number of hydrogen-bond acceptors (Lipinski definition) is 8. The van der Waals surface area contributed by atoms with E-state index in [0.717, 1.165) is 5.56 Å². The summed E-state index contributed by atoms with van der Waals surface area (Å²) >= 11 is 0. The number of nitrogens with zero attached hydrogens (tertiary/aromatic N) is 3. The van der Waals surface area contributed by atoms with Gasteiger partial charge in [-0.25, -0.2) is 0 Å². The van der Waals surface area contributed by atoms with Crippen LogP contribution in [0.15, 0.2) is 89.5 Å². The molecule has 174 valence electrons. The number of aliphatic hydroxyl groups is 1. The van der Waals surface area contributed by atoms with Gasteiger partial charge in [0.1, 0.15) is 18.5 Å². The van der Waals surface area contributed by atoms with Crippen LogP contribution in [0.1, 0.15) is 17.5 Å². The van der Waals surface area contributed by atoms with Crippen LogP contribution in [0.25, 0.3) is 11.4 Å². The summed E-state index contributed by atoms with van der Waals surface area (Å²) in [6.07, 6.45) is -0.190. The molecule has 3 aromatic carbocycles. The first-order valence-electron chi connectivity index (χ1n) is 10.8. The zero-order chi connectivity index (χ0) is 23.8. The van der Waals surface area contributed by atoms with Crippen molar-refractivity contribution in [3.05, 3.63) is 106 Å². The lowest BCUT2D eigenvalue weighted by atomic mass is 10.1. The summed E-state index contributed by atoms with van der Waals surface area (Å²) < 4.78 is 11.1. The van der Waals surface area contributed by atoms with Gasteiger partial charge in [0.05, 0.1) is 11.0 Å². The molecule has 0 amide bonds. The zero-order valence-corrected chi connectivity index (χ0v) is 18.3. The SMILES string of the molecule is O=[N+]([O-])c1ccc(-c2noc([C@@H](Cc3ccccc3)NC[C@@H](O)COc3ccccc3)n2)cc1. The maximum absolute atomic E-state index is 10.9. The average molecular weight is 460 g/mol. The van der Waals surface area contributed by atoms with Gasteiger partial charge in [0.25, 0.3) is 5.69 Å². The van der Waals surface area contributed by atoms with E-state index in [1.807, 2.05) is 60.7 Å². The summed E-state index contributed by atoms with van der Waals surface area (Å²) in [4.78, 5) is 14.9. The van der Waals surface area contributed by atoms with Crippen LogP contribution >= 0.6 is 0 Å². The maximum Gasteiger partial charge on any atom is 0.269 e. The minimum atomic E-state index is -0.754. The number of hydrogen-bond donors (Lipinski definition) is 2. The number of nitro benzene ring substituents is 1. The van der Waals surface area contributed by atoms with Gasteiger partial charge < -0.3 is 19.7 Å². The molecule has 9 heteroatoms. The molecule has 1 aromatic heterocycles. The first-order chi connectivity index (χ1) is 16.6. The molecular formula is C25H24N4O5. The highest BCUT2D eigenvalue weighted by atomic mass is 16.6. The van der Waals surface area contributed by atoms with Crippen LogP contribution < -0.4 is 10.1 Å². The van der Waals surface area contributed by atoms with E-state index < -0.39 is 11.0 Å². The van der Waals surface area contributed by atoms with Crippen molar-refractivity contribution < 1.29 is 19.3 Å². The Morgan fingerprint density at radius 1 is 1.00 bits per heavy atom. The molecule has 0 radical (unpaired) electrons. The van der Waals surface area contributed by atoms with Crippen LogP contribution in [-0.2, 0) is 6.42 Å². The van der Waals surface area contributed by atoms with Crippen molar-refractivity contribution in [2.45, 2.75) is 18.6 Å². The van der Waals surface area contributed by atoms with Crippen LogP contribution in [0, 0.1) is 10.1 Å². The molecule has 4 aromatic rings. The molecular weight excluding hydrogens is 436 g/mol. The fourth-order valence-electron chi connectivity index (χ4n) is 3.37. The predicted molar refractivity (Wildman–Crippen MR) is 125 cm³/mol. The number of aromatic nitrogens is 2. The lowest BCUT2D eigenvalue weighted by Gasteiger charge is -2.18. The first-order valence-corrected chi connectivity index (χ1v) is 10.8. The Morgan fingerprint density at radius 2 is 1.68 bits per heavy atom. The molecule has 0 saturated carbocycles. The Kier molecular flexibility index (Phi) is 7.59. The van der Waals surface area contributed by atoms with Gasteiger partial charge >= 0.3 is 0 Å². The van der Waals surface area contributed by atoms with E-state index in [2.05, 4.69) is 15.5 Å². The van der Waals surface area contributed by atoms with E-state index in [-0.39, 0.29) is 24.9 Å². The number of non-ortho nitro benzene ring substituents is 1. The van der Waals surface area contributed by atoms with Crippen molar-refractivity contribution in [1.29, 1.82) is 0 Å². The average Bonchev–Trinajstić information content (AvgIpc) is 3.37. The Bertz CT molecular complexity index is 1180. The molecule has 2 atom stereocenters. The largest absolute Gasteiger partial charge is 0.491 e. The lowest BCUT2D eigenvalue weighted by Crippen LogP contribution is -2.35. The molecule has 9 nitrogen and oxygen atoms in total. The van der Waals surface area contributed by atoms with Gasteiger partial charge in [0.15, 0.2) is 0 Å². The van der Waals surface area contributed by atoms with E-state index in [0.29, 0.717) is 29.4 Å². The molecule has 0 fully saturated rings. The number of nitrogens with one attached hydrogen (secondary N) is 1. The third kappa shape index (κ3) is 6.25. The molecule has 2 N–H and O–H groups in total. The van der Waals surface area contributed by atoms with Crippen LogP contribution in [0.5, 0.6) is 5.75 Å². The summed E-state index contributed by atoms with van der Waals surface area (Å²) in [5.74, 6) is 1.37. The minimum Gasteiger partial charge on any atom is -0.491 e. The molecule has 0 aliphatic heterocycles. The number of nitro groups is 1. The zero-order valence-electron chi connectivity index (χ0n) is 18.3. The summed E-state index contributed by atoms with van der Waals surface area (Å²) in [6, 6.07) is 24.7. The van der Waals surface area contributed by atoms with E-state index in [9.17, 15) is 15.2 Å². The smallest absolute Gasteiger partial charge is 0.269 e. The number of aliphatic hydroxyl groups excluding tert-OH is 1. The highest BCUT2D eigenvalue weighted by Gasteiger charge is 2.21. The number of rotatable bonds is 11. The summed E-state index contributed by atoms with van der Waals surface area (Å²) in [7, 11) is 0. The second-order valence-electron chi connectivity index (χ2n) is 7.69. The summed E-state index contributed by atoms with van der Waals surface area (Å²) in [5, 5.41) is 28.6. The van der Waals surface area contributed by atoms with Gasteiger partial charge in [-0.2, -0.15) is 4.98 Å². The topological polar surface area (TPSA) is 124 Å². The number of para-hydroxylation sites is 1. The first kappa shape index (κ1) is 23.1. The van der Waals surface area contributed by atoms with E-state index in [1.165, 1.54) is 12.1 Å². The van der Waals surface area contributed by atoms with Crippen molar-refractivity contribution in [3.63, 3.8) is 0 Å². The fraction of sp³-hybridized carbons (Fsp3) is 0.200. The van der Waals surface area contributed by atoms with E-state index in [1.54, 1.807) is 12.1 Å². The standard InChI is InChI=1S/C25H24N4O5/c30-21(17-33-22-9-5-2-6-10-22)16-26-23(15-18-7-3-1-4-8-18)25-27-24(28-34-25)19-11-13-20(14-12-19)29(31)32/h1-14,21,23,26,30H,15-17H2/t21-,23-/m1/s1. The molecule has 34 heavy (non-hydrogen) atoms. The fourth-order valence-corrected chi connectivity index (χ4v) is 3.37. The monoisotopic (exact) mass is 460 g/mol. The number of benzene rings is 3. The quantitative estimate of drug-likeness (QED) is 0.255. The summed E-state index contributed by atoms with van der Waals surface area (Å²) in [5.41, 5.74) is 1.66. The minimum absolute atomic E-state index is 0.0113. The van der Waals surface area contributed by atoms with Crippen molar-refractivity contribution in [1.82, 2.24) is 15.5 Å². The molecule has 0 aliphatic rings. The van der Waals surface area contributed by atoms with Crippen molar-refractivity contribution in [2.75, 3.05) is 13.2 Å². The second-order valence-corrected chi connectivity index (χ2v) is 7.69. The molecule has 0 spiro atoms. The molecule has 1 heterocycles. The van der Waals surface area contributed by atoms with Crippen molar-refractivity contribution in [3.8, 4) is 17.1 Å². The highest BCUT2D eigenvalue weighted by Crippen LogP contribution is 2.23. The van der Waals surface area contributed by atoms with Crippen LogP contribution in [0.4, 0.5) is 5.69 Å². The third-order valence-corrected chi connectivity index (χ3v) is 5.14. The van der Waals surface area contributed by atoms with Gasteiger partial charge in [-0.1, -0.05) is 53.7 Å². The van der Waals surface area contributed by atoms with Gasteiger partial charge in [-0.05, 0) is 36.2 Å². The molecule has 0 unspecified atom stereocenters. The van der Waals surface area contributed by atoms with Crippen LogP contribution in [0.3, 0.4) is 0 Å². The van der Waals surface area contributed by atoms with Crippen LogP contribution in [0.2, 0.25) is 0 Å². The number of ether oxygens (including phenoxy) is 1. The van der Waals surface area contributed by atoms with Crippen molar-refractivity contribution >= 4 is 5.69 Å². The molecule has 0 bridgehead atoms. The van der Waals surface area contributed by atoms with E-state index >= 15 is 0 Å². The molecule has 0 aliphatic carbocycles. The lowest BCUT2D eigenvalue weighted by molar-refractivity contribution is -0.384. The van der Waals surface area contributed by atoms with Gasteiger partial charge in [-0.3, -0.25) is 10.1 Å². The Morgan fingerprint density at radius 3 is 2.35 bits per heavy atom. The normalized spacial score (nSPS) is 12.7. The maximum atomic E-state index is 10.9. The van der Waals surface area contributed by atoms with Crippen molar-refractivity contribution in [2.24, 2.45) is 0 Å². The molecule has 4 rings (SSSR count). The predicted octanol–water partition coefficient (Wildman–Crippen LogP) is 3.96. The molecule has 0 saturated heterocycles. The highest BCUT2D eigenvalue weighted by molar-refractivity contribution is 5.56. The van der Waals surface area contributed by atoms with Crippen LogP contribution in [-0.4, -0.2) is 39.4 Å². The second kappa shape index (κ2) is 11.2. The Hall–Kier alpha value is -4.08. The van der Waals surface area contributed by atoms with Gasteiger partial charge in [0, 0.05) is 24.2 Å². The van der Waals surface area contributed by atoms with E-state index in [4.69, 9.17) is 9.26 Å². The summed E-state index contributed by atoms with van der Waals surface area (Å²) in [6.45, 7) is 0.381. The Balaban J connectivity index is 1.44. The third-order valence-electron chi connectivity index (χ3n) is 5.14. The van der Waals surface area contributed by atoms with Gasteiger partial charge in [0.2, 0.25) is 11.7 Å². The Labute approximate surface area is 196 Å². The van der Waals surface area contributed by atoms with Gasteiger partial charge in [-0.15, -0.1) is 0 Å².